The number of nitro benzene ring substituents is 1. The summed E-state index contributed by atoms with van der Waals surface area (Å²) in [5.41, 5.74) is 1.70. The normalized spacial score (nSPS) is 11.9. The van der Waals surface area contributed by atoms with E-state index in [4.69, 9.17) is 4.74 Å². The number of nitriles is 1. The molecule has 0 N–H and O–H groups in total. The highest BCUT2D eigenvalue weighted by Crippen LogP contribution is 2.27. The van der Waals surface area contributed by atoms with Crippen molar-refractivity contribution >= 4 is 33.7 Å². The lowest BCUT2D eigenvalue weighted by atomic mass is 10.1. The third-order valence-electron chi connectivity index (χ3n) is 4.17. The number of ether oxygens (including phenoxy) is 1. The molecule has 0 bridgehead atoms. The third-order valence-corrected chi connectivity index (χ3v) is 5.23. The Balaban J connectivity index is 1.92. The molecular formula is C18H17N5O3S. The standard InChI is InChI=1S/C18H17N5O3S/c1-11(26-3)18-20-13(10-27-18)9-22(2)17-6-12(8-19)15-7-14(23(24)25)4-5-16(15)21-17/h4-7,10-11H,9H2,1-3H3. The highest BCUT2D eigenvalue weighted by molar-refractivity contribution is 7.09. The van der Waals surface area contributed by atoms with E-state index in [-0.39, 0.29) is 11.8 Å². The summed E-state index contributed by atoms with van der Waals surface area (Å²) in [6, 6.07) is 8.07. The maximum Gasteiger partial charge on any atom is 0.270 e. The van der Waals surface area contributed by atoms with E-state index in [1.807, 2.05) is 24.3 Å². The van der Waals surface area contributed by atoms with E-state index < -0.39 is 4.92 Å². The Morgan fingerprint density at radius 2 is 2.19 bits per heavy atom. The molecule has 0 aliphatic heterocycles. The molecule has 0 amide bonds. The van der Waals surface area contributed by atoms with Crippen LogP contribution in [0, 0.1) is 21.4 Å². The van der Waals surface area contributed by atoms with Gasteiger partial charge in [0.25, 0.3) is 5.69 Å². The molecule has 0 radical (unpaired) electrons. The summed E-state index contributed by atoms with van der Waals surface area (Å²) in [6.45, 7) is 2.46. The summed E-state index contributed by atoms with van der Waals surface area (Å²) < 4.78 is 5.28. The van der Waals surface area contributed by atoms with Crippen LogP contribution in [-0.4, -0.2) is 29.0 Å². The van der Waals surface area contributed by atoms with Crippen LogP contribution in [-0.2, 0) is 11.3 Å². The minimum atomic E-state index is -0.485. The van der Waals surface area contributed by atoms with Crippen molar-refractivity contribution in [2.24, 2.45) is 0 Å². The molecular weight excluding hydrogens is 366 g/mol. The maximum atomic E-state index is 11.0. The zero-order valence-electron chi connectivity index (χ0n) is 15.0. The van der Waals surface area contributed by atoms with E-state index >= 15 is 0 Å². The first-order chi connectivity index (χ1) is 12.9. The molecule has 0 saturated heterocycles. The van der Waals surface area contributed by atoms with Gasteiger partial charge in [-0.05, 0) is 19.1 Å². The van der Waals surface area contributed by atoms with Gasteiger partial charge in [0.1, 0.15) is 16.9 Å². The number of anilines is 1. The van der Waals surface area contributed by atoms with Crippen LogP contribution in [0.5, 0.6) is 0 Å². The van der Waals surface area contributed by atoms with Gasteiger partial charge in [0.2, 0.25) is 0 Å². The zero-order chi connectivity index (χ0) is 19.6. The SMILES string of the molecule is COC(C)c1nc(CN(C)c2cc(C#N)c3cc([N+](=O)[O-])ccc3n2)cs1. The fourth-order valence-electron chi connectivity index (χ4n) is 2.61. The minimum absolute atomic E-state index is 0.0613. The highest BCUT2D eigenvalue weighted by atomic mass is 32.1. The van der Waals surface area contributed by atoms with Crippen LogP contribution in [0.1, 0.15) is 29.3 Å². The van der Waals surface area contributed by atoms with Crippen molar-refractivity contribution < 1.29 is 9.66 Å². The van der Waals surface area contributed by atoms with Crippen molar-refractivity contribution in [2.45, 2.75) is 19.6 Å². The Kier molecular flexibility index (Phi) is 5.30. The van der Waals surface area contributed by atoms with E-state index in [1.165, 1.54) is 23.5 Å². The molecule has 138 valence electrons. The number of benzene rings is 1. The quantitative estimate of drug-likeness (QED) is 0.470. The first-order valence-corrected chi connectivity index (χ1v) is 8.98. The van der Waals surface area contributed by atoms with Crippen LogP contribution in [0.2, 0.25) is 0 Å². The Labute approximate surface area is 159 Å². The van der Waals surface area contributed by atoms with E-state index in [2.05, 4.69) is 16.0 Å². The number of pyridine rings is 1. The van der Waals surface area contributed by atoms with E-state index in [1.54, 1.807) is 19.2 Å². The highest BCUT2D eigenvalue weighted by Gasteiger charge is 2.15. The molecule has 27 heavy (non-hydrogen) atoms. The van der Waals surface area contributed by atoms with Crippen LogP contribution in [0.15, 0.2) is 29.6 Å². The topological polar surface area (TPSA) is 105 Å². The fourth-order valence-corrected chi connectivity index (χ4v) is 3.45. The molecule has 0 spiro atoms. The Morgan fingerprint density at radius 3 is 2.85 bits per heavy atom. The third kappa shape index (κ3) is 3.86. The second kappa shape index (κ2) is 7.65. The Morgan fingerprint density at radius 1 is 1.41 bits per heavy atom. The predicted molar refractivity (Wildman–Crippen MR) is 103 cm³/mol. The van der Waals surface area contributed by atoms with Gasteiger partial charge in [-0.1, -0.05) is 0 Å². The zero-order valence-corrected chi connectivity index (χ0v) is 15.9. The summed E-state index contributed by atoms with van der Waals surface area (Å²) in [4.78, 5) is 21.5. The fraction of sp³-hybridized carbons (Fsp3) is 0.278. The number of rotatable bonds is 6. The number of hydrogen-bond acceptors (Lipinski definition) is 8. The maximum absolute atomic E-state index is 11.0. The molecule has 0 aliphatic rings. The minimum Gasteiger partial charge on any atom is -0.375 e. The second-order valence-corrected chi connectivity index (χ2v) is 6.90. The number of thiazole rings is 1. The molecule has 0 saturated carbocycles. The van der Waals surface area contributed by atoms with Gasteiger partial charge in [-0.3, -0.25) is 10.1 Å². The van der Waals surface area contributed by atoms with Crippen molar-refractivity contribution in [3.8, 4) is 6.07 Å². The van der Waals surface area contributed by atoms with Crippen molar-refractivity contribution in [1.82, 2.24) is 9.97 Å². The number of methoxy groups -OCH3 is 1. The number of nitrogens with zero attached hydrogens (tertiary/aromatic N) is 5. The summed E-state index contributed by atoms with van der Waals surface area (Å²) in [5, 5.41) is 23.8. The monoisotopic (exact) mass is 383 g/mol. The molecule has 1 aromatic carbocycles. The lowest BCUT2D eigenvalue weighted by molar-refractivity contribution is -0.384. The van der Waals surface area contributed by atoms with Crippen LogP contribution in [0.25, 0.3) is 10.9 Å². The first kappa shape index (κ1) is 18.7. The molecule has 1 unspecified atom stereocenters. The molecule has 9 heteroatoms. The summed E-state index contributed by atoms with van der Waals surface area (Å²) in [6.07, 6.45) is -0.0613. The largest absolute Gasteiger partial charge is 0.375 e. The lowest BCUT2D eigenvalue weighted by Crippen LogP contribution is -2.18. The summed E-state index contributed by atoms with van der Waals surface area (Å²) in [5.74, 6) is 0.599. The van der Waals surface area contributed by atoms with Crippen molar-refractivity contribution in [1.29, 1.82) is 5.26 Å². The van der Waals surface area contributed by atoms with Crippen LogP contribution in [0.4, 0.5) is 11.5 Å². The Bertz CT molecular complexity index is 1040. The summed E-state index contributed by atoms with van der Waals surface area (Å²) in [7, 11) is 3.50. The van der Waals surface area contributed by atoms with Crippen molar-refractivity contribution in [3.05, 3.63) is 56.0 Å². The van der Waals surface area contributed by atoms with Crippen molar-refractivity contribution in [3.63, 3.8) is 0 Å². The summed E-state index contributed by atoms with van der Waals surface area (Å²) >= 11 is 1.53. The average molecular weight is 383 g/mol. The molecule has 3 aromatic rings. The van der Waals surface area contributed by atoms with Crippen LogP contribution >= 0.6 is 11.3 Å². The van der Waals surface area contributed by atoms with E-state index in [9.17, 15) is 15.4 Å². The number of fused-ring (bicyclic) bond motifs is 1. The van der Waals surface area contributed by atoms with Gasteiger partial charge in [0.15, 0.2) is 0 Å². The van der Waals surface area contributed by atoms with Gasteiger partial charge >= 0.3 is 0 Å². The number of aromatic nitrogens is 2. The molecule has 2 heterocycles. The van der Waals surface area contributed by atoms with Gasteiger partial charge in [-0.2, -0.15) is 5.26 Å². The van der Waals surface area contributed by atoms with Gasteiger partial charge in [0, 0.05) is 37.1 Å². The molecule has 1 atom stereocenters. The molecule has 2 aromatic heterocycles. The smallest absolute Gasteiger partial charge is 0.270 e. The first-order valence-electron chi connectivity index (χ1n) is 8.10. The molecule has 3 rings (SSSR count). The Hall–Kier alpha value is -3.09. The van der Waals surface area contributed by atoms with Crippen LogP contribution in [0.3, 0.4) is 0 Å². The lowest BCUT2D eigenvalue weighted by Gasteiger charge is -2.18. The van der Waals surface area contributed by atoms with Crippen molar-refractivity contribution in [2.75, 3.05) is 19.1 Å². The molecule has 0 fully saturated rings. The number of non-ortho nitro benzene ring substituents is 1. The van der Waals surface area contributed by atoms with E-state index in [0.717, 1.165) is 10.7 Å². The van der Waals surface area contributed by atoms with Gasteiger partial charge in [-0.15, -0.1) is 11.3 Å². The predicted octanol–water partition coefficient (Wildman–Crippen LogP) is 3.81. The van der Waals surface area contributed by atoms with Gasteiger partial charge in [0.05, 0.1) is 34.3 Å². The number of hydrogen-bond donors (Lipinski definition) is 0. The molecule has 8 nitrogen and oxygen atoms in total. The van der Waals surface area contributed by atoms with E-state index in [0.29, 0.717) is 28.8 Å². The number of nitro groups is 1. The van der Waals surface area contributed by atoms with Gasteiger partial charge in [-0.25, -0.2) is 9.97 Å². The second-order valence-electron chi connectivity index (χ2n) is 6.01. The van der Waals surface area contributed by atoms with Crippen LogP contribution < -0.4 is 4.90 Å². The van der Waals surface area contributed by atoms with Gasteiger partial charge < -0.3 is 9.64 Å². The molecule has 0 aliphatic carbocycles. The average Bonchev–Trinajstić information content (AvgIpc) is 3.14.